The van der Waals surface area contributed by atoms with Crippen LogP contribution in [-0.4, -0.2) is 27.1 Å². The second kappa shape index (κ2) is 4.85. The van der Waals surface area contributed by atoms with E-state index in [-0.39, 0.29) is 6.10 Å². The van der Waals surface area contributed by atoms with Gasteiger partial charge in [-0.1, -0.05) is 11.3 Å². The summed E-state index contributed by atoms with van der Waals surface area (Å²) in [6.45, 7) is 2.60. The molecular weight excluding hydrogens is 204 g/mol. The second-order valence-corrected chi connectivity index (χ2v) is 3.53. The Morgan fingerprint density at radius 1 is 1.44 bits per heavy atom. The van der Waals surface area contributed by atoms with Gasteiger partial charge >= 0.3 is 0 Å². The lowest BCUT2D eigenvalue weighted by Crippen LogP contribution is -2.06. The number of rotatable bonds is 4. The van der Waals surface area contributed by atoms with Crippen molar-refractivity contribution in [2.24, 2.45) is 0 Å². The molecule has 0 aromatic carbocycles. The van der Waals surface area contributed by atoms with Crippen LogP contribution in [0.3, 0.4) is 0 Å². The number of hydrogen-bond donors (Lipinski definition) is 0. The lowest BCUT2D eigenvalue weighted by molar-refractivity contribution is 0.116. The summed E-state index contributed by atoms with van der Waals surface area (Å²) in [6, 6.07) is 5.90. The molecule has 0 aliphatic carbocycles. The van der Waals surface area contributed by atoms with Crippen LogP contribution in [-0.2, 0) is 11.3 Å². The maximum atomic E-state index is 5.23. The van der Waals surface area contributed by atoms with Gasteiger partial charge in [-0.2, -0.15) is 0 Å². The van der Waals surface area contributed by atoms with Gasteiger partial charge in [-0.05, 0) is 19.1 Å². The number of pyridine rings is 1. The van der Waals surface area contributed by atoms with E-state index in [1.807, 2.05) is 31.3 Å². The van der Waals surface area contributed by atoms with Crippen molar-refractivity contribution >= 4 is 0 Å². The van der Waals surface area contributed by atoms with E-state index in [4.69, 9.17) is 4.74 Å². The number of hydrogen-bond acceptors (Lipinski definition) is 4. The molecule has 2 heterocycles. The third kappa shape index (κ3) is 2.43. The van der Waals surface area contributed by atoms with E-state index < -0.39 is 0 Å². The first-order valence-corrected chi connectivity index (χ1v) is 5.12. The fourth-order valence-corrected chi connectivity index (χ4v) is 1.42. The Hall–Kier alpha value is -1.75. The molecule has 0 bridgehead atoms. The molecule has 0 saturated carbocycles. The molecule has 5 nitrogen and oxygen atoms in total. The molecule has 0 N–H and O–H groups in total. The average molecular weight is 218 g/mol. The quantitative estimate of drug-likeness (QED) is 0.779. The summed E-state index contributed by atoms with van der Waals surface area (Å²) in [5.41, 5.74) is 1.88. The molecule has 1 unspecified atom stereocenters. The highest BCUT2D eigenvalue weighted by atomic mass is 16.5. The van der Waals surface area contributed by atoms with Crippen molar-refractivity contribution in [3.05, 3.63) is 42.0 Å². The van der Waals surface area contributed by atoms with Crippen LogP contribution in [0.2, 0.25) is 0 Å². The van der Waals surface area contributed by atoms with Crippen molar-refractivity contribution in [1.82, 2.24) is 20.0 Å². The van der Waals surface area contributed by atoms with E-state index >= 15 is 0 Å². The monoisotopic (exact) mass is 218 g/mol. The molecule has 84 valence electrons. The molecule has 16 heavy (non-hydrogen) atoms. The molecule has 0 aliphatic rings. The third-order valence-corrected chi connectivity index (χ3v) is 2.39. The van der Waals surface area contributed by atoms with Crippen LogP contribution in [0.5, 0.6) is 0 Å². The van der Waals surface area contributed by atoms with E-state index in [9.17, 15) is 0 Å². The molecule has 2 aromatic heterocycles. The van der Waals surface area contributed by atoms with Gasteiger partial charge in [-0.3, -0.25) is 4.98 Å². The van der Waals surface area contributed by atoms with Crippen LogP contribution >= 0.6 is 0 Å². The normalized spacial score (nSPS) is 12.6. The zero-order valence-corrected chi connectivity index (χ0v) is 9.37. The summed E-state index contributed by atoms with van der Waals surface area (Å²) < 4.78 is 6.97. The van der Waals surface area contributed by atoms with E-state index in [1.54, 1.807) is 18.0 Å². The van der Waals surface area contributed by atoms with Gasteiger partial charge in [0.2, 0.25) is 0 Å². The first-order chi connectivity index (χ1) is 7.79. The number of methoxy groups -OCH3 is 1. The molecule has 0 radical (unpaired) electrons. The minimum Gasteiger partial charge on any atom is -0.375 e. The van der Waals surface area contributed by atoms with Crippen LogP contribution in [0.4, 0.5) is 0 Å². The van der Waals surface area contributed by atoms with Crippen molar-refractivity contribution in [3.63, 3.8) is 0 Å². The van der Waals surface area contributed by atoms with Gasteiger partial charge in [0.15, 0.2) is 0 Å². The van der Waals surface area contributed by atoms with Gasteiger partial charge in [0, 0.05) is 13.3 Å². The van der Waals surface area contributed by atoms with Gasteiger partial charge < -0.3 is 4.74 Å². The molecule has 0 amide bonds. The summed E-state index contributed by atoms with van der Waals surface area (Å²) in [7, 11) is 1.68. The van der Waals surface area contributed by atoms with Crippen LogP contribution in [0, 0.1) is 0 Å². The Bertz CT molecular complexity index is 441. The van der Waals surface area contributed by atoms with Crippen molar-refractivity contribution in [3.8, 4) is 0 Å². The molecule has 2 rings (SSSR count). The van der Waals surface area contributed by atoms with Crippen molar-refractivity contribution in [2.75, 3.05) is 7.11 Å². The van der Waals surface area contributed by atoms with Crippen molar-refractivity contribution in [2.45, 2.75) is 19.6 Å². The Labute approximate surface area is 94.1 Å². The highest BCUT2D eigenvalue weighted by Gasteiger charge is 2.06. The van der Waals surface area contributed by atoms with E-state index in [1.165, 1.54) is 0 Å². The first-order valence-electron chi connectivity index (χ1n) is 5.12. The van der Waals surface area contributed by atoms with E-state index in [0.29, 0.717) is 6.54 Å². The number of nitrogens with zero attached hydrogens (tertiary/aromatic N) is 4. The fraction of sp³-hybridized carbons (Fsp3) is 0.364. The second-order valence-electron chi connectivity index (χ2n) is 3.53. The van der Waals surface area contributed by atoms with E-state index in [0.717, 1.165) is 11.4 Å². The number of aromatic nitrogens is 4. The van der Waals surface area contributed by atoms with Crippen LogP contribution < -0.4 is 0 Å². The van der Waals surface area contributed by atoms with Crippen molar-refractivity contribution < 1.29 is 4.74 Å². The molecule has 0 saturated heterocycles. The molecule has 0 spiro atoms. The molecule has 5 heteroatoms. The Morgan fingerprint density at radius 3 is 3.00 bits per heavy atom. The Balaban J connectivity index is 2.16. The molecular formula is C11H14N4O. The van der Waals surface area contributed by atoms with Crippen molar-refractivity contribution in [1.29, 1.82) is 0 Å². The van der Waals surface area contributed by atoms with Crippen LogP contribution in [0.15, 0.2) is 30.6 Å². The Morgan fingerprint density at radius 2 is 2.31 bits per heavy atom. The largest absolute Gasteiger partial charge is 0.375 e. The van der Waals surface area contributed by atoms with Gasteiger partial charge in [-0.25, -0.2) is 4.68 Å². The molecule has 1 atom stereocenters. The van der Waals surface area contributed by atoms with Crippen LogP contribution in [0.1, 0.15) is 24.4 Å². The lowest BCUT2D eigenvalue weighted by Gasteiger charge is -2.10. The van der Waals surface area contributed by atoms with Gasteiger partial charge in [0.1, 0.15) is 0 Å². The Kier molecular flexibility index (Phi) is 3.26. The predicted octanol–water partition coefficient (Wildman–Crippen LogP) is 1.43. The maximum absolute atomic E-state index is 5.23. The van der Waals surface area contributed by atoms with Crippen LogP contribution in [0.25, 0.3) is 0 Å². The zero-order chi connectivity index (χ0) is 11.4. The summed E-state index contributed by atoms with van der Waals surface area (Å²) in [5, 5.41) is 7.65. The zero-order valence-electron chi connectivity index (χ0n) is 9.37. The first kappa shape index (κ1) is 10.8. The lowest BCUT2D eigenvalue weighted by atomic mass is 10.2. The van der Waals surface area contributed by atoms with Gasteiger partial charge in [0.05, 0.1) is 30.2 Å². The van der Waals surface area contributed by atoms with Gasteiger partial charge in [0.25, 0.3) is 0 Å². The minimum absolute atomic E-state index is 0.00990. The molecule has 0 fully saturated rings. The third-order valence-electron chi connectivity index (χ3n) is 2.39. The molecule has 2 aromatic rings. The maximum Gasteiger partial charge on any atom is 0.0962 e. The summed E-state index contributed by atoms with van der Waals surface area (Å²) in [6.07, 6.45) is 3.48. The standard InChI is InChI=1S/C11H14N4O/c1-9(16-2)11-5-3-4-10(13-11)8-15-7-6-12-14-15/h3-7,9H,8H2,1-2H3. The SMILES string of the molecule is COC(C)c1cccc(Cn2ccnn2)n1. The van der Waals surface area contributed by atoms with E-state index in [2.05, 4.69) is 15.3 Å². The minimum atomic E-state index is 0.00990. The summed E-state index contributed by atoms with van der Waals surface area (Å²) >= 11 is 0. The topological polar surface area (TPSA) is 52.8 Å². The van der Waals surface area contributed by atoms with Gasteiger partial charge in [-0.15, -0.1) is 5.10 Å². The predicted molar refractivity (Wildman–Crippen MR) is 58.8 cm³/mol. The highest BCUT2D eigenvalue weighted by molar-refractivity contribution is 5.13. The average Bonchev–Trinajstić information content (AvgIpc) is 2.81. The smallest absolute Gasteiger partial charge is 0.0962 e. The summed E-state index contributed by atoms with van der Waals surface area (Å²) in [5.74, 6) is 0. The molecule has 0 aliphatic heterocycles. The summed E-state index contributed by atoms with van der Waals surface area (Å²) in [4.78, 5) is 4.50. The number of ether oxygens (including phenoxy) is 1. The fourth-order valence-electron chi connectivity index (χ4n) is 1.42. The highest BCUT2D eigenvalue weighted by Crippen LogP contribution is 2.13.